The fraction of sp³-hybridized carbons (Fsp3) is 0.526. The standard InChI is InChI=1S/C19H24N4O4/c24-23(25)17-4-3-16(19-15(17)2-1-6-20-19)21-12-18(14-5-9-27-13-14)22-7-10-26-11-8-22/h1-4,6,14,18,21H,5,7-13H2. The number of aromatic nitrogens is 1. The number of nitrogens with one attached hydrogen (secondary N) is 1. The molecule has 2 aliphatic rings. The van der Waals surface area contributed by atoms with Crippen LogP contribution in [0.25, 0.3) is 10.9 Å². The van der Waals surface area contributed by atoms with Gasteiger partial charge in [0.2, 0.25) is 0 Å². The van der Waals surface area contributed by atoms with Gasteiger partial charge < -0.3 is 14.8 Å². The second-order valence-corrected chi connectivity index (χ2v) is 7.01. The molecule has 2 saturated heterocycles. The first-order valence-electron chi connectivity index (χ1n) is 9.39. The van der Waals surface area contributed by atoms with Crippen LogP contribution in [0.2, 0.25) is 0 Å². The van der Waals surface area contributed by atoms with E-state index >= 15 is 0 Å². The van der Waals surface area contributed by atoms with Crippen molar-refractivity contribution in [3.05, 3.63) is 40.6 Å². The van der Waals surface area contributed by atoms with Gasteiger partial charge in [-0.2, -0.15) is 0 Å². The maximum Gasteiger partial charge on any atom is 0.278 e. The molecule has 2 fully saturated rings. The molecule has 0 aliphatic carbocycles. The molecule has 0 spiro atoms. The van der Waals surface area contributed by atoms with Gasteiger partial charge >= 0.3 is 0 Å². The van der Waals surface area contributed by atoms with Crippen molar-refractivity contribution in [2.45, 2.75) is 12.5 Å². The van der Waals surface area contributed by atoms with Gasteiger partial charge in [-0.15, -0.1) is 0 Å². The fourth-order valence-electron chi connectivity index (χ4n) is 4.03. The maximum atomic E-state index is 11.3. The Balaban J connectivity index is 1.57. The summed E-state index contributed by atoms with van der Waals surface area (Å²) in [5, 5.41) is 15.4. The summed E-state index contributed by atoms with van der Waals surface area (Å²) in [4.78, 5) is 17.8. The van der Waals surface area contributed by atoms with E-state index in [0.29, 0.717) is 22.9 Å². The third-order valence-corrected chi connectivity index (χ3v) is 5.47. The zero-order valence-corrected chi connectivity index (χ0v) is 15.2. The second-order valence-electron chi connectivity index (χ2n) is 7.01. The lowest BCUT2D eigenvalue weighted by atomic mass is 9.96. The summed E-state index contributed by atoms with van der Waals surface area (Å²) in [6, 6.07) is 7.12. The van der Waals surface area contributed by atoms with E-state index < -0.39 is 0 Å². The highest BCUT2D eigenvalue weighted by atomic mass is 16.6. The SMILES string of the molecule is O=[N+]([O-])c1ccc(NCC(C2CCOC2)N2CCOCC2)c2ncccc12. The first-order valence-corrected chi connectivity index (χ1v) is 9.39. The van der Waals surface area contributed by atoms with Gasteiger partial charge in [0.05, 0.1) is 35.8 Å². The van der Waals surface area contributed by atoms with Gasteiger partial charge in [0.1, 0.15) is 5.52 Å². The molecule has 2 atom stereocenters. The summed E-state index contributed by atoms with van der Waals surface area (Å²) < 4.78 is 11.1. The minimum absolute atomic E-state index is 0.0811. The fourth-order valence-corrected chi connectivity index (χ4v) is 4.03. The van der Waals surface area contributed by atoms with Crippen molar-refractivity contribution in [1.82, 2.24) is 9.88 Å². The van der Waals surface area contributed by atoms with Crippen molar-refractivity contribution in [2.24, 2.45) is 5.92 Å². The number of nitrogens with zero attached hydrogens (tertiary/aromatic N) is 3. The Morgan fingerprint density at radius 2 is 2.11 bits per heavy atom. The number of nitro groups is 1. The predicted octanol–water partition coefficient (Wildman–Crippen LogP) is 2.29. The summed E-state index contributed by atoms with van der Waals surface area (Å²) in [5.41, 5.74) is 1.54. The lowest BCUT2D eigenvalue weighted by Gasteiger charge is -2.37. The number of ether oxygens (including phenoxy) is 2. The maximum absolute atomic E-state index is 11.3. The monoisotopic (exact) mass is 372 g/mol. The molecule has 27 heavy (non-hydrogen) atoms. The number of non-ortho nitro benzene ring substituents is 1. The molecular formula is C19H24N4O4. The molecule has 1 N–H and O–H groups in total. The molecule has 1 aromatic heterocycles. The van der Waals surface area contributed by atoms with Crippen LogP contribution in [0.4, 0.5) is 11.4 Å². The molecule has 2 aliphatic heterocycles. The van der Waals surface area contributed by atoms with Crippen LogP contribution >= 0.6 is 0 Å². The smallest absolute Gasteiger partial charge is 0.278 e. The van der Waals surface area contributed by atoms with Crippen LogP contribution in [0.1, 0.15) is 6.42 Å². The van der Waals surface area contributed by atoms with Gasteiger partial charge in [0.25, 0.3) is 5.69 Å². The highest BCUT2D eigenvalue weighted by Gasteiger charge is 2.31. The van der Waals surface area contributed by atoms with E-state index in [1.165, 1.54) is 0 Å². The molecule has 0 saturated carbocycles. The predicted molar refractivity (Wildman–Crippen MR) is 102 cm³/mol. The average Bonchev–Trinajstić information content (AvgIpc) is 3.23. The van der Waals surface area contributed by atoms with Crippen LogP contribution in [0.15, 0.2) is 30.5 Å². The minimum atomic E-state index is -0.361. The Hall–Kier alpha value is -2.29. The van der Waals surface area contributed by atoms with Gasteiger partial charge in [0, 0.05) is 50.5 Å². The van der Waals surface area contributed by atoms with E-state index in [1.54, 1.807) is 30.5 Å². The molecule has 1 aromatic carbocycles. The van der Waals surface area contributed by atoms with Crippen LogP contribution in [0, 0.1) is 16.0 Å². The summed E-state index contributed by atoms with van der Waals surface area (Å²) in [6.07, 6.45) is 2.73. The Bertz CT molecular complexity index is 803. The molecule has 2 aromatic rings. The van der Waals surface area contributed by atoms with E-state index in [2.05, 4.69) is 15.2 Å². The molecule has 0 bridgehead atoms. The molecule has 144 valence electrons. The Labute approximate surface area is 157 Å². The van der Waals surface area contributed by atoms with Crippen molar-refractivity contribution in [2.75, 3.05) is 51.4 Å². The molecule has 4 rings (SSSR count). The number of hydrogen-bond donors (Lipinski definition) is 1. The number of rotatable bonds is 6. The summed E-state index contributed by atoms with van der Waals surface area (Å²) >= 11 is 0. The van der Waals surface area contributed by atoms with Crippen LogP contribution < -0.4 is 5.32 Å². The highest BCUT2D eigenvalue weighted by Crippen LogP contribution is 2.30. The van der Waals surface area contributed by atoms with E-state index in [1.807, 2.05) is 0 Å². The summed E-state index contributed by atoms with van der Waals surface area (Å²) in [5.74, 6) is 0.480. The van der Waals surface area contributed by atoms with Crippen LogP contribution in [0.3, 0.4) is 0 Å². The third kappa shape index (κ3) is 3.87. The number of benzene rings is 1. The van der Waals surface area contributed by atoms with Gasteiger partial charge in [-0.1, -0.05) is 0 Å². The number of morpholine rings is 1. The molecular weight excluding hydrogens is 348 g/mol. The first-order chi connectivity index (χ1) is 13.2. The number of pyridine rings is 1. The van der Waals surface area contributed by atoms with Gasteiger partial charge in [-0.05, 0) is 24.6 Å². The van der Waals surface area contributed by atoms with Gasteiger partial charge in [-0.3, -0.25) is 20.0 Å². The lowest BCUT2D eigenvalue weighted by molar-refractivity contribution is -0.383. The van der Waals surface area contributed by atoms with Crippen LogP contribution in [0.5, 0.6) is 0 Å². The van der Waals surface area contributed by atoms with Crippen molar-refractivity contribution in [3.8, 4) is 0 Å². The Kier molecular flexibility index (Phi) is 5.47. The van der Waals surface area contributed by atoms with Gasteiger partial charge in [-0.25, -0.2) is 0 Å². The zero-order valence-electron chi connectivity index (χ0n) is 15.2. The third-order valence-electron chi connectivity index (χ3n) is 5.47. The Morgan fingerprint density at radius 3 is 2.85 bits per heavy atom. The molecule has 8 heteroatoms. The van der Waals surface area contributed by atoms with Crippen LogP contribution in [-0.4, -0.2) is 66.9 Å². The largest absolute Gasteiger partial charge is 0.382 e. The first kappa shape index (κ1) is 18.1. The zero-order chi connectivity index (χ0) is 18.6. The topological polar surface area (TPSA) is 89.8 Å². The molecule has 3 heterocycles. The summed E-state index contributed by atoms with van der Waals surface area (Å²) in [6.45, 7) is 5.69. The lowest BCUT2D eigenvalue weighted by Crippen LogP contribution is -2.50. The minimum Gasteiger partial charge on any atom is -0.382 e. The van der Waals surface area contributed by atoms with Crippen molar-refractivity contribution in [3.63, 3.8) is 0 Å². The normalized spacial score (nSPS) is 22.0. The average molecular weight is 372 g/mol. The number of anilines is 1. The van der Waals surface area contributed by atoms with Crippen molar-refractivity contribution < 1.29 is 14.4 Å². The van der Waals surface area contributed by atoms with Gasteiger partial charge in [0.15, 0.2) is 0 Å². The number of hydrogen-bond acceptors (Lipinski definition) is 7. The quantitative estimate of drug-likeness (QED) is 0.615. The molecule has 0 amide bonds. The van der Waals surface area contributed by atoms with E-state index in [9.17, 15) is 10.1 Å². The van der Waals surface area contributed by atoms with Crippen LogP contribution in [-0.2, 0) is 9.47 Å². The molecule has 8 nitrogen and oxygen atoms in total. The second kappa shape index (κ2) is 8.16. The van der Waals surface area contributed by atoms with E-state index in [-0.39, 0.29) is 10.6 Å². The van der Waals surface area contributed by atoms with Crippen molar-refractivity contribution in [1.29, 1.82) is 0 Å². The molecule has 0 radical (unpaired) electrons. The highest BCUT2D eigenvalue weighted by molar-refractivity contribution is 5.96. The number of fused-ring (bicyclic) bond motifs is 1. The van der Waals surface area contributed by atoms with E-state index in [0.717, 1.165) is 58.2 Å². The number of nitro benzene ring substituents is 1. The summed E-state index contributed by atoms with van der Waals surface area (Å²) in [7, 11) is 0. The Morgan fingerprint density at radius 1 is 1.26 bits per heavy atom. The molecule has 2 unspecified atom stereocenters. The van der Waals surface area contributed by atoms with Crippen molar-refractivity contribution >= 4 is 22.3 Å². The van der Waals surface area contributed by atoms with E-state index in [4.69, 9.17) is 9.47 Å².